The van der Waals surface area contributed by atoms with Crippen molar-refractivity contribution in [3.05, 3.63) is 17.5 Å². The molecule has 1 aliphatic carbocycles. The van der Waals surface area contributed by atoms with E-state index in [0.29, 0.717) is 19.5 Å². The van der Waals surface area contributed by atoms with E-state index in [1.807, 2.05) is 22.6 Å². The molecule has 104 valence electrons. The predicted molar refractivity (Wildman–Crippen MR) is 78.4 cm³/mol. The molecule has 7 nitrogen and oxygen atoms in total. The van der Waals surface area contributed by atoms with Crippen LogP contribution in [0.5, 0.6) is 0 Å². The highest BCUT2D eigenvalue weighted by Crippen LogP contribution is 2.44. The zero-order valence-corrected chi connectivity index (χ0v) is 12.6. The van der Waals surface area contributed by atoms with Crippen LogP contribution in [0.4, 0.5) is 0 Å². The number of hydrogen-bond donors (Lipinski definition) is 3. The molecule has 1 unspecified atom stereocenters. The largest absolute Gasteiger partial charge is 0.479 e. The first-order chi connectivity index (χ1) is 9.44. The Labute approximate surface area is 130 Å². The van der Waals surface area contributed by atoms with Gasteiger partial charge in [0.15, 0.2) is 13.5 Å². The van der Waals surface area contributed by atoms with Gasteiger partial charge in [-0.1, -0.05) is 22.6 Å². The van der Waals surface area contributed by atoms with Crippen LogP contribution in [0.3, 0.4) is 0 Å². The van der Waals surface area contributed by atoms with Gasteiger partial charge in [-0.2, -0.15) is 5.10 Å². The number of rotatable bonds is 3. The molecule has 2 aliphatic rings. The van der Waals surface area contributed by atoms with E-state index in [-0.39, 0.29) is 9.83 Å². The number of H-pyrrole nitrogens is 1. The molecule has 2 radical (unpaired) electrons. The second-order valence-corrected chi connectivity index (χ2v) is 6.73. The highest BCUT2D eigenvalue weighted by molar-refractivity contribution is 14.1. The molecule has 3 N–H and O–H groups in total. The van der Waals surface area contributed by atoms with Gasteiger partial charge in [0.2, 0.25) is 5.91 Å². The first kappa shape index (κ1) is 13.9. The number of aromatic nitrogens is 2. The Morgan fingerprint density at radius 3 is 2.95 bits per heavy atom. The van der Waals surface area contributed by atoms with Crippen molar-refractivity contribution < 1.29 is 14.7 Å². The second-order valence-electron chi connectivity index (χ2n) is 5.23. The summed E-state index contributed by atoms with van der Waals surface area (Å²) in [4.78, 5) is 25.2. The Morgan fingerprint density at radius 2 is 2.35 bits per heavy atom. The van der Waals surface area contributed by atoms with E-state index in [9.17, 15) is 14.7 Å². The molecule has 1 fully saturated rings. The summed E-state index contributed by atoms with van der Waals surface area (Å²) >= 11 is 2.04. The summed E-state index contributed by atoms with van der Waals surface area (Å²) < 4.78 is -0.0830. The molecule has 1 aromatic rings. The molecule has 1 amide bonds. The average Bonchev–Trinajstić information content (AvgIpc) is 2.83. The number of nitrogens with zero attached hydrogens (tertiary/aromatic N) is 2. The van der Waals surface area contributed by atoms with Crippen LogP contribution < -0.4 is 5.32 Å². The van der Waals surface area contributed by atoms with Crippen molar-refractivity contribution in [2.24, 2.45) is 0 Å². The summed E-state index contributed by atoms with van der Waals surface area (Å²) in [5.41, 5.74) is 0.454. The Kier molecular flexibility index (Phi) is 3.28. The van der Waals surface area contributed by atoms with Crippen molar-refractivity contribution in [3.8, 4) is 0 Å². The van der Waals surface area contributed by atoms with Gasteiger partial charge in [-0.05, 0) is 6.42 Å². The third kappa shape index (κ3) is 2.12. The zero-order chi connectivity index (χ0) is 14.5. The lowest BCUT2D eigenvalue weighted by Crippen LogP contribution is -2.49. The van der Waals surface area contributed by atoms with E-state index in [0.717, 1.165) is 11.3 Å². The predicted octanol–water partition coefficient (Wildman–Crippen LogP) is -0.461. The molecule has 3 atom stereocenters. The van der Waals surface area contributed by atoms with Crippen molar-refractivity contribution in [1.82, 2.24) is 20.3 Å². The monoisotopic (exact) mass is 386 g/mol. The van der Waals surface area contributed by atoms with Gasteiger partial charge in [-0.3, -0.25) is 9.89 Å². The van der Waals surface area contributed by atoms with E-state index >= 15 is 0 Å². The number of carboxylic acids is 1. The van der Waals surface area contributed by atoms with Gasteiger partial charge in [0.1, 0.15) is 0 Å². The minimum atomic E-state index is -1.13. The first-order valence-corrected chi connectivity index (χ1v) is 7.40. The molecule has 1 aliphatic heterocycles. The number of aromatic amines is 1. The second kappa shape index (κ2) is 4.73. The van der Waals surface area contributed by atoms with Gasteiger partial charge >= 0.3 is 5.97 Å². The van der Waals surface area contributed by atoms with E-state index < -0.39 is 17.4 Å². The smallest absolute Gasteiger partial charge is 0.330 e. The fraction of sp³-hybridized carbons (Fsp3) is 0.545. The molecular formula is C11H12BIN4O3. The first-order valence-electron chi connectivity index (χ1n) is 6.15. The van der Waals surface area contributed by atoms with Crippen LogP contribution in [-0.2, 0) is 16.1 Å². The number of fused-ring (bicyclic) bond motifs is 1. The molecule has 20 heavy (non-hydrogen) atoms. The summed E-state index contributed by atoms with van der Waals surface area (Å²) in [6, 6.07) is 0. The highest BCUT2D eigenvalue weighted by Gasteiger charge is 2.61. The molecule has 0 saturated heterocycles. The summed E-state index contributed by atoms with van der Waals surface area (Å²) in [6.45, 7) is 0.858. The maximum Gasteiger partial charge on any atom is 0.330 e. The standard InChI is InChI=1S/C11H12BIN4O3/c12-17-3-5-2-14-16-8(5)6(4-17)9(18)15-11(10(19)20)1-7(11)13/h2,6-7H,1,3-4H2,(H,14,16)(H,15,18)(H,19,20)/t6?,7-,11-/m1/s1. The van der Waals surface area contributed by atoms with E-state index in [2.05, 4.69) is 15.5 Å². The molecule has 2 heterocycles. The lowest BCUT2D eigenvalue weighted by Gasteiger charge is -2.30. The number of nitrogens with one attached hydrogen (secondary N) is 2. The third-order valence-electron chi connectivity index (χ3n) is 3.81. The van der Waals surface area contributed by atoms with E-state index in [1.165, 1.54) is 4.81 Å². The lowest BCUT2D eigenvalue weighted by molar-refractivity contribution is -0.143. The van der Waals surface area contributed by atoms with Crippen LogP contribution in [0.15, 0.2) is 6.20 Å². The van der Waals surface area contributed by atoms with Gasteiger partial charge in [0.25, 0.3) is 0 Å². The highest BCUT2D eigenvalue weighted by atomic mass is 127. The number of amides is 1. The van der Waals surface area contributed by atoms with Gasteiger partial charge in [0, 0.05) is 22.6 Å². The van der Waals surface area contributed by atoms with Crippen LogP contribution in [0.2, 0.25) is 0 Å². The van der Waals surface area contributed by atoms with Crippen LogP contribution >= 0.6 is 22.6 Å². The van der Waals surface area contributed by atoms with Gasteiger partial charge in [-0.25, -0.2) is 4.79 Å². The van der Waals surface area contributed by atoms with Crippen molar-refractivity contribution in [2.75, 3.05) is 6.54 Å². The van der Waals surface area contributed by atoms with Gasteiger partial charge < -0.3 is 15.2 Å². The minimum absolute atomic E-state index is 0.0830. The fourth-order valence-corrected chi connectivity index (χ4v) is 3.62. The maximum absolute atomic E-state index is 12.4. The van der Waals surface area contributed by atoms with Crippen molar-refractivity contribution in [2.45, 2.75) is 28.3 Å². The number of alkyl halides is 1. The molecule has 3 rings (SSSR count). The summed E-state index contributed by atoms with van der Waals surface area (Å²) in [7, 11) is 5.80. The molecule has 9 heteroatoms. The molecule has 0 bridgehead atoms. The number of halogens is 1. The fourth-order valence-electron chi connectivity index (χ4n) is 2.51. The Balaban J connectivity index is 1.81. The summed E-state index contributed by atoms with van der Waals surface area (Å²) in [6.07, 6.45) is 2.09. The Bertz CT molecular complexity index is 580. The number of hydrogen-bond acceptors (Lipinski definition) is 4. The SMILES string of the molecule is [B]N1Cc2cn[nH]c2C(C(=O)N[C@]2(C(=O)O)C[C@H]2I)C1. The van der Waals surface area contributed by atoms with Crippen LogP contribution in [0, 0.1) is 0 Å². The quantitative estimate of drug-likeness (QED) is 0.371. The van der Waals surface area contributed by atoms with Gasteiger partial charge in [-0.15, -0.1) is 0 Å². The summed E-state index contributed by atoms with van der Waals surface area (Å²) in [5.74, 6) is -1.84. The van der Waals surface area contributed by atoms with E-state index in [4.69, 9.17) is 7.98 Å². The summed E-state index contributed by atoms with van der Waals surface area (Å²) in [5, 5.41) is 18.7. The molecule has 1 aromatic heterocycles. The molecule has 0 aromatic carbocycles. The number of aliphatic carboxylic acids is 1. The maximum atomic E-state index is 12.4. The van der Waals surface area contributed by atoms with Crippen molar-refractivity contribution in [1.29, 1.82) is 0 Å². The minimum Gasteiger partial charge on any atom is -0.479 e. The number of carbonyl (C=O) groups is 2. The molecular weight excluding hydrogens is 374 g/mol. The van der Waals surface area contributed by atoms with Crippen molar-refractivity contribution >= 4 is 42.4 Å². The van der Waals surface area contributed by atoms with Crippen LogP contribution in [-0.4, -0.2) is 56.0 Å². The third-order valence-corrected chi connectivity index (χ3v) is 5.31. The Morgan fingerprint density at radius 1 is 1.65 bits per heavy atom. The molecule has 1 saturated carbocycles. The average molecular weight is 386 g/mol. The van der Waals surface area contributed by atoms with Crippen LogP contribution in [0.25, 0.3) is 0 Å². The van der Waals surface area contributed by atoms with Crippen molar-refractivity contribution in [3.63, 3.8) is 0 Å². The van der Waals surface area contributed by atoms with Gasteiger partial charge in [0.05, 0.1) is 17.8 Å². The topological polar surface area (TPSA) is 98.3 Å². The lowest BCUT2D eigenvalue weighted by atomic mass is 9.93. The normalized spacial score (nSPS) is 32.5. The van der Waals surface area contributed by atoms with Crippen LogP contribution in [0.1, 0.15) is 23.6 Å². The zero-order valence-electron chi connectivity index (χ0n) is 10.5. The number of carboxylic acid groups (broad SMARTS) is 1. The number of carbonyl (C=O) groups excluding carboxylic acids is 1. The molecule has 0 spiro atoms. The Hall–Kier alpha value is -1.10. The van der Waals surface area contributed by atoms with E-state index in [1.54, 1.807) is 6.20 Å².